The number of carbonyl (C=O) groups excluding carboxylic acids is 1. The molecule has 0 aliphatic carbocycles. The summed E-state index contributed by atoms with van der Waals surface area (Å²) in [6, 6.07) is 0. The van der Waals surface area contributed by atoms with Gasteiger partial charge in [0.05, 0.1) is 0 Å². The molecule has 0 aromatic carbocycles. The lowest BCUT2D eigenvalue weighted by Gasteiger charge is -2.00. The highest BCUT2D eigenvalue weighted by Gasteiger charge is 2.25. The molecule has 1 heterocycles. The van der Waals surface area contributed by atoms with Crippen LogP contribution in [0.4, 0.5) is 0 Å². The third kappa shape index (κ3) is 1.45. The molecule has 0 aromatic rings. The van der Waals surface area contributed by atoms with E-state index in [-0.39, 0.29) is 11.7 Å². The van der Waals surface area contributed by atoms with Gasteiger partial charge in [-0.3, -0.25) is 4.79 Å². The molecule has 0 radical (unpaired) electrons. The van der Waals surface area contributed by atoms with Gasteiger partial charge < -0.3 is 5.32 Å². The monoisotopic (exact) mass is 163 g/mol. The molecule has 0 aromatic heterocycles. The van der Waals surface area contributed by atoms with Crippen molar-refractivity contribution in [2.45, 2.75) is 26.1 Å². The highest BCUT2D eigenvalue weighted by molar-refractivity contribution is 6.27. The average molecular weight is 163 g/mol. The summed E-state index contributed by atoms with van der Waals surface area (Å²) in [4.78, 5) is 11.2. The molecule has 12 heavy (non-hydrogen) atoms. The maximum absolute atomic E-state index is 11.2. The van der Waals surface area contributed by atoms with Crippen LogP contribution in [0.5, 0.6) is 0 Å². The standard InChI is InChI=1S/C9H14BNO/c1-3-5-6-7(4-2)11-9(12)8(6)10/h3,5,8H,4,10H2,1-2H3,(H,11,12)/b5-3-. The highest BCUT2D eigenvalue weighted by Crippen LogP contribution is 2.26. The van der Waals surface area contributed by atoms with Crippen LogP contribution in [0.15, 0.2) is 23.4 Å². The second kappa shape index (κ2) is 3.61. The van der Waals surface area contributed by atoms with Gasteiger partial charge in [-0.25, -0.2) is 0 Å². The smallest absolute Gasteiger partial charge is 0.223 e. The Balaban J connectivity index is 2.94. The predicted octanol–water partition coefficient (Wildman–Crippen LogP) is 0.778. The lowest BCUT2D eigenvalue weighted by molar-refractivity contribution is -0.118. The van der Waals surface area contributed by atoms with Crippen molar-refractivity contribution in [3.8, 4) is 0 Å². The summed E-state index contributed by atoms with van der Waals surface area (Å²) in [5.74, 6) is 0.149. The molecule has 64 valence electrons. The molecular formula is C9H14BNO. The Hall–Kier alpha value is -0.985. The summed E-state index contributed by atoms with van der Waals surface area (Å²) in [6.45, 7) is 4.02. The maximum Gasteiger partial charge on any atom is 0.223 e. The molecule has 3 heteroatoms. The fourth-order valence-electron chi connectivity index (χ4n) is 1.45. The Morgan fingerprint density at radius 3 is 2.83 bits per heavy atom. The van der Waals surface area contributed by atoms with E-state index in [1.54, 1.807) is 0 Å². The molecule has 0 saturated carbocycles. The molecule has 1 amide bonds. The van der Waals surface area contributed by atoms with Crippen LogP contribution in [-0.2, 0) is 4.79 Å². The van der Waals surface area contributed by atoms with Gasteiger partial charge >= 0.3 is 0 Å². The van der Waals surface area contributed by atoms with E-state index in [2.05, 4.69) is 12.2 Å². The Labute approximate surface area is 74.1 Å². The summed E-state index contributed by atoms with van der Waals surface area (Å²) in [5.41, 5.74) is 2.22. The average Bonchev–Trinajstić information content (AvgIpc) is 2.33. The van der Waals surface area contributed by atoms with Crippen molar-refractivity contribution in [3.05, 3.63) is 23.4 Å². The minimum Gasteiger partial charge on any atom is -0.330 e. The van der Waals surface area contributed by atoms with Crippen LogP contribution in [-0.4, -0.2) is 13.8 Å². The molecule has 1 rings (SSSR count). The van der Waals surface area contributed by atoms with Crippen molar-refractivity contribution in [2.75, 3.05) is 0 Å². The van der Waals surface area contributed by atoms with Gasteiger partial charge in [-0.05, 0) is 18.9 Å². The van der Waals surface area contributed by atoms with Crippen LogP contribution >= 0.6 is 0 Å². The number of allylic oxidation sites excluding steroid dienone is 3. The number of hydrogen-bond donors (Lipinski definition) is 1. The summed E-state index contributed by atoms with van der Waals surface area (Å²) < 4.78 is 0. The highest BCUT2D eigenvalue weighted by atomic mass is 16.2. The van der Waals surface area contributed by atoms with Gasteiger partial charge in [-0.1, -0.05) is 19.1 Å². The minimum atomic E-state index is 0.0242. The first-order valence-electron chi connectivity index (χ1n) is 4.37. The van der Waals surface area contributed by atoms with Gasteiger partial charge in [-0.15, -0.1) is 0 Å². The van der Waals surface area contributed by atoms with Gasteiger partial charge in [0.2, 0.25) is 5.91 Å². The predicted molar refractivity (Wildman–Crippen MR) is 52.6 cm³/mol. The molecule has 1 N–H and O–H groups in total. The number of nitrogens with one attached hydrogen (secondary N) is 1. The molecule has 1 atom stereocenters. The van der Waals surface area contributed by atoms with Crippen molar-refractivity contribution in [3.63, 3.8) is 0 Å². The molecule has 0 fully saturated rings. The van der Waals surface area contributed by atoms with E-state index >= 15 is 0 Å². The number of hydrogen-bond acceptors (Lipinski definition) is 1. The lowest BCUT2D eigenvalue weighted by atomic mass is 9.81. The van der Waals surface area contributed by atoms with Crippen LogP contribution in [0.25, 0.3) is 0 Å². The first-order valence-corrected chi connectivity index (χ1v) is 4.37. The molecular weight excluding hydrogens is 149 g/mol. The third-order valence-electron chi connectivity index (χ3n) is 2.18. The molecule has 0 spiro atoms. The first kappa shape index (κ1) is 9.11. The normalized spacial score (nSPS) is 23.8. The van der Waals surface area contributed by atoms with E-state index in [1.807, 2.05) is 26.9 Å². The Morgan fingerprint density at radius 1 is 1.67 bits per heavy atom. The van der Waals surface area contributed by atoms with Crippen molar-refractivity contribution >= 4 is 13.8 Å². The number of amides is 1. The van der Waals surface area contributed by atoms with E-state index in [0.29, 0.717) is 0 Å². The fraction of sp³-hybridized carbons (Fsp3) is 0.444. The van der Waals surface area contributed by atoms with E-state index in [4.69, 9.17) is 0 Å². The summed E-state index contributed by atoms with van der Waals surface area (Å²) >= 11 is 0. The van der Waals surface area contributed by atoms with E-state index < -0.39 is 0 Å². The Kier molecular flexibility index (Phi) is 2.74. The van der Waals surface area contributed by atoms with E-state index in [1.165, 1.54) is 0 Å². The largest absolute Gasteiger partial charge is 0.330 e. The lowest BCUT2D eigenvalue weighted by Crippen LogP contribution is -2.18. The Bertz CT molecular complexity index is 255. The molecule has 2 nitrogen and oxygen atoms in total. The second-order valence-corrected chi connectivity index (χ2v) is 3.00. The topological polar surface area (TPSA) is 29.1 Å². The SMILES string of the molecule is BC1C(=O)NC(CC)=C1/C=C\C. The van der Waals surface area contributed by atoms with Crippen LogP contribution in [0.2, 0.25) is 5.82 Å². The summed E-state index contributed by atoms with van der Waals surface area (Å²) in [6.07, 6.45) is 4.89. The minimum absolute atomic E-state index is 0.0242. The zero-order valence-corrected chi connectivity index (χ0v) is 7.85. The molecule has 0 saturated heterocycles. The van der Waals surface area contributed by atoms with Gasteiger partial charge in [0.1, 0.15) is 7.85 Å². The van der Waals surface area contributed by atoms with Crippen LogP contribution in [0.1, 0.15) is 20.3 Å². The van der Waals surface area contributed by atoms with Crippen molar-refractivity contribution < 1.29 is 4.79 Å². The van der Waals surface area contributed by atoms with Crippen LogP contribution < -0.4 is 5.32 Å². The summed E-state index contributed by atoms with van der Waals surface area (Å²) in [7, 11) is 1.94. The van der Waals surface area contributed by atoms with Crippen molar-refractivity contribution in [1.82, 2.24) is 5.32 Å². The quantitative estimate of drug-likeness (QED) is 0.598. The van der Waals surface area contributed by atoms with Crippen molar-refractivity contribution in [1.29, 1.82) is 0 Å². The van der Waals surface area contributed by atoms with Crippen LogP contribution in [0.3, 0.4) is 0 Å². The zero-order chi connectivity index (χ0) is 9.14. The van der Waals surface area contributed by atoms with Crippen LogP contribution in [0, 0.1) is 0 Å². The fourth-order valence-corrected chi connectivity index (χ4v) is 1.45. The third-order valence-corrected chi connectivity index (χ3v) is 2.18. The van der Waals surface area contributed by atoms with Crippen molar-refractivity contribution in [2.24, 2.45) is 0 Å². The van der Waals surface area contributed by atoms with Gasteiger partial charge in [0.25, 0.3) is 0 Å². The summed E-state index contributed by atoms with van der Waals surface area (Å²) in [5, 5.41) is 2.88. The van der Waals surface area contributed by atoms with E-state index in [0.717, 1.165) is 17.7 Å². The number of carbonyl (C=O) groups is 1. The molecule has 1 aliphatic heterocycles. The van der Waals surface area contributed by atoms with Gasteiger partial charge in [-0.2, -0.15) is 0 Å². The molecule has 1 aliphatic rings. The van der Waals surface area contributed by atoms with Gasteiger partial charge in [0, 0.05) is 11.5 Å². The maximum atomic E-state index is 11.2. The molecule has 1 unspecified atom stereocenters. The zero-order valence-electron chi connectivity index (χ0n) is 7.85. The van der Waals surface area contributed by atoms with E-state index in [9.17, 15) is 4.79 Å². The Morgan fingerprint density at radius 2 is 2.33 bits per heavy atom. The molecule has 0 bridgehead atoms. The first-order chi connectivity index (χ1) is 5.70. The van der Waals surface area contributed by atoms with Gasteiger partial charge in [0.15, 0.2) is 0 Å². The number of rotatable bonds is 2. The second-order valence-electron chi connectivity index (χ2n) is 3.00.